The zero-order valence-electron chi connectivity index (χ0n) is 12.0. The lowest BCUT2D eigenvalue weighted by molar-refractivity contribution is 0.0691. The Balaban J connectivity index is 2.41. The van der Waals surface area contributed by atoms with Crippen LogP contribution in [0.5, 0.6) is 11.5 Å². The van der Waals surface area contributed by atoms with Crippen LogP contribution in [0.15, 0.2) is 16.9 Å². The summed E-state index contributed by atoms with van der Waals surface area (Å²) in [6, 6.07) is 3.51. The van der Waals surface area contributed by atoms with Gasteiger partial charge in [0.25, 0.3) is 5.56 Å². The Labute approximate surface area is 125 Å². The van der Waals surface area contributed by atoms with E-state index in [1.165, 1.54) is 0 Å². The van der Waals surface area contributed by atoms with Crippen molar-refractivity contribution in [1.82, 2.24) is 9.97 Å². The normalized spacial score (nSPS) is 16.2. The first-order valence-electron chi connectivity index (χ1n) is 6.73. The fourth-order valence-electron chi connectivity index (χ4n) is 2.61. The summed E-state index contributed by atoms with van der Waals surface area (Å²) in [5.41, 5.74) is 0.202. The number of aryl methyl sites for hydroxylation is 1. The predicted octanol–water partition coefficient (Wildman–Crippen LogP) is 1.65. The van der Waals surface area contributed by atoms with E-state index < -0.39 is 22.8 Å². The molecular weight excluding hydrogens is 288 g/mol. The quantitative estimate of drug-likeness (QED) is 0.738. The third-order valence-corrected chi connectivity index (χ3v) is 3.66. The number of aromatic amines is 1. The van der Waals surface area contributed by atoms with E-state index >= 15 is 0 Å². The van der Waals surface area contributed by atoms with E-state index in [0.717, 1.165) is 0 Å². The molecule has 0 aromatic carbocycles. The second-order valence-corrected chi connectivity index (χ2v) is 5.28. The molecule has 3 rings (SSSR count). The molecule has 1 atom stereocenters. The molecule has 1 aliphatic rings. The van der Waals surface area contributed by atoms with Crippen LogP contribution in [0.2, 0.25) is 0 Å². The number of carbonyl (C=O) groups is 1. The van der Waals surface area contributed by atoms with Gasteiger partial charge in [0.1, 0.15) is 17.2 Å². The smallest absolute Gasteiger partial charge is 0.345 e. The second-order valence-electron chi connectivity index (χ2n) is 5.28. The number of aromatic carboxylic acids is 1. The van der Waals surface area contributed by atoms with Gasteiger partial charge in [0.15, 0.2) is 5.56 Å². The number of hydrogen-bond acceptors (Lipinski definition) is 5. The van der Waals surface area contributed by atoms with E-state index in [1.807, 2.05) is 0 Å². The zero-order valence-corrected chi connectivity index (χ0v) is 12.0. The van der Waals surface area contributed by atoms with Crippen molar-refractivity contribution in [3.63, 3.8) is 0 Å². The van der Waals surface area contributed by atoms with Crippen LogP contribution in [0, 0.1) is 6.92 Å². The zero-order chi connectivity index (χ0) is 16.0. The fraction of sp³-hybridized carbons (Fsp3) is 0.267. The molecule has 0 spiro atoms. The van der Waals surface area contributed by atoms with Gasteiger partial charge in [-0.3, -0.25) is 4.79 Å². The van der Waals surface area contributed by atoms with Crippen LogP contribution in [0.1, 0.15) is 34.5 Å². The molecule has 0 amide bonds. The second kappa shape index (κ2) is 4.87. The van der Waals surface area contributed by atoms with Crippen molar-refractivity contribution in [2.45, 2.75) is 19.8 Å². The molecule has 2 aromatic heterocycles. The Morgan fingerprint density at radius 3 is 2.86 bits per heavy atom. The van der Waals surface area contributed by atoms with Gasteiger partial charge in [-0.15, -0.1) is 0 Å². The number of rotatable bonds is 1. The van der Waals surface area contributed by atoms with Gasteiger partial charge in [0, 0.05) is 17.2 Å². The molecule has 1 unspecified atom stereocenters. The topological polar surface area (TPSA) is 113 Å². The van der Waals surface area contributed by atoms with Crippen molar-refractivity contribution in [3.8, 4) is 22.9 Å². The molecule has 1 aliphatic heterocycles. The summed E-state index contributed by atoms with van der Waals surface area (Å²) >= 11 is 0. The Morgan fingerprint density at radius 1 is 1.45 bits per heavy atom. The summed E-state index contributed by atoms with van der Waals surface area (Å²) in [5.74, 6) is -1.83. The van der Waals surface area contributed by atoms with E-state index in [2.05, 4.69) is 9.97 Å². The number of nitrogens with one attached hydrogen (secondary N) is 1. The van der Waals surface area contributed by atoms with Crippen molar-refractivity contribution in [3.05, 3.63) is 39.3 Å². The van der Waals surface area contributed by atoms with E-state index in [1.54, 1.807) is 26.0 Å². The summed E-state index contributed by atoms with van der Waals surface area (Å²) in [4.78, 5) is 30.1. The SMILES string of the molecule is Cc1ccc2c(n1)-c1[nH]c(=O)c(C(=O)O)c(O)c1C(C)CO2. The number of carboxylic acids is 1. The maximum atomic E-state index is 12.0. The number of ether oxygens (including phenoxy) is 1. The summed E-state index contributed by atoms with van der Waals surface area (Å²) in [6.45, 7) is 3.81. The van der Waals surface area contributed by atoms with E-state index in [-0.39, 0.29) is 12.5 Å². The van der Waals surface area contributed by atoms with Gasteiger partial charge in [0.2, 0.25) is 0 Å². The van der Waals surface area contributed by atoms with E-state index in [4.69, 9.17) is 9.84 Å². The maximum Gasteiger partial charge on any atom is 0.345 e. The van der Waals surface area contributed by atoms with Crippen LogP contribution < -0.4 is 10.3 Å². The standard InChI is InChI=1S/C15H14N2O5/c1-6-5-22-8-4-3-7(2)16-11(8)12-9(6)13(18)10(15(20)21)14(19)17-12/h3-4,6H,5H2,1-2H3,(H,20,21)(H2,17,18,19). The van der Waals surface area contributed by atoms with Crippen LogP contribution in [-0.2, 0) is 0 Å². The van der Waals surface area contributed by atoms with Gasteiger partial charge in [-0.25, -0.2) is 9.78 Å². The molecule has 3 N–H and O–H groups in total. The third kappa shape index (κ3) is 2.02. The van der Waals surface area contributed by atoms with Crippen LogP contribution in [0.3, 0.4) is 0 Å². The molecule has 7 heteroatoms. The number of fused-ring (bicyclic) bond motifs is 3. The first-order chi connectivity index (χ1) is 10.4. The van der Waals surface area contributed by atoms with Crippen LogP contribution in [-0.4, -0.2) is 32.8 Å². The average molecular weight is 302 g/mol. The molecule has 0 saturated carbocycles. The summed E-state index contributed by atoms with van der Waals surface area (Å²) in [7, 11) is 0. The highest BCUT2D eigenvalue weighted by molar-refractivity contribution is 5.92. The molecule has 0 aliphatic carbocycles. The number of aromatic hydroxyl groups is 1. The van der Waals surface area contributed by atoms with Crippen molar-refractivity contribution in [1.29, 1.82) is 0 Å². The minimum Gasteiger partial charge on any atom is -0.506 e. The number of hydrogen-bond donors (Lipinski definition) is 3. The molecule has 2 aromatic rings. The molecular formula is C15H14N2O5. The minimum atomic E-state index is -1.48. The lowest BCUT2D eigenvalue weighted by Gasteiger charge is -2.14. The summed E-state index contributed by atoms with van der Waals surface area (Å²) in [5, 5.41) is 19.4. The summed E-state index contributed by atoms with van der Waals surface area (Å²) < 4.78 is 5.65. The molecule has 0 saturated heterocycles. The Bertz CT molecular complexity index is 841. The molecule has 0 radical (unpaired) electrons. The summed E-state index contributed by atoms with van der Waals surface area (Å²) in [6.07, 6.45) is 0. The van der Waals surface area contributed by atoms with Gasteiger partial charge in [-0.2, -0.15) is 0 Å². The number of carboxylic acid groups (broad SMARTS) is 1. The van der Waals surface area contributed by atoms with Gasteiger partial charge >= 0.3 is 5.97 Å². The van der Waals surface area contributed by atoms with Crippen LogP contribution in [0.4, 0.5) is 0 Å². The van der Waals surface area contributed by atoms with Gasteiger partial charge in [0.05, 0.1) is 12.3 Å². The fourth-order valence-corrected chi connectivity index (χ4v) is 2.61. The molecule has 0 bridgehead atoms. The third-order valence-electron chi connectivity index (χ3n) is 3.66. The molecule has 114 valence electrons. The first-order valence-corrected chi connectivity index (χ1v) is 6.73. The lowest BCUT2D eigenvalue weighted by Crippen LogP contribution is -2.21. The van der Waals surface area contributed by atoms with Crippen molar-refractivity contribution >= 4 is 5.97 Å². The average Bonchev–Trinajstić information content (AvgIpc) is 2.56. The van der Waals surface area contributed by atoms with Gasteiger partial charge in [-0.05, 0) is 19.1 Å². The molecule has 3 heterocycles. The molecule has 7 nitrogen and oxygen atoms in total. The Hall–Kier alpha value is -2.83. The highest BCUT2D eigenvalue weighted by Gasteiger charge is 2.30. The number of aromatic nitrogens is 2. The molecule has 22 heavy (non-hydrogen) atoms. The highest BCUT2D eigenvalue weighted by atomic mass is 16.5. The van der Waals surface area contributed by atoms with Crippen LogP contribution >= 0.6 is 0 Å². The van der Waals surface area contributed by atoms with E-state index in [9.17, 15) is 14.7 Å². The number of nitrogens with zero attached hydrogens (tertiary/aromatic N) is 1. The monoisotopic (exact) mass is 302 g/mol. The predicted molar refractivity (Wildman–Crippen MR) is 77.6 cm³/mol. The van der Waals surface area contributed by atoms with Gasteiger partial charge < -0.3 is 19.9 Å². The van der Waals surface area contributed by atoms with E-state index in [0.29, 0.717) is 28.4 Å². The van der Waals surface area contributed by atoms with Crippen molar-refractivity contribution in [2.24, 2.45) is 0 Å². The Kier molecular flexibility index (Phi) is 3.13. The first kappa shape index (κ1) is 14.1. The van der Waals surface area contributed by atoms with Crippen molar-refractivity contribution < 1.29 is 19.7 Å². The lowest BCUT2D eigenvalue weighted by atomic mass is 9.96. The maximum absolute atomic E-state index is 12.0. The highest BCUT2D eigenvalue weighted by Crippen LogP contribution is 2.40. The minimum absolute atomic E-state index is 0.239. The number of pyridine rings is 2. The largest absolute Gasteiger partial charge is 0.506 e. The molecule has 0 fully saturated rings. The van der Waals surface area contributed by atoms with Crippen LogP contribution in [0.25, 0.3) is 11.4 Å². The van der Waals surface area contributed by atoms with Crippen molar-refractivity contribution in [2.75, 3.05) is 6.61 Å². The number of H-pyrrole nitrogens is 1. The Morgan fingerprint density at radius 2 is 2.18 bits per heavy atom. The van der Waals surface area contributed by atoms with Gasteiger partial charge in [-0.1, -0.05) is 6.92 Å².